The molecule has 0 radical (unpaired) electrons. The van der Waals surface area contributed by atoms with Gasteiger partial charge < -0.3 is 10.1 Å². The van der Waals surface area contributed by atoms with Crippen LogP contribution in [0.25, 0.3) is 0 Å². The number of carbonyl (C=O) groups is 2. The Balaban J connectivity index is 1.93. The second-order valence-electron chi connectivity index (χ2n) is 6.81. The van der Waals surface area contributed by atoms with Crippen molar-refractivity contribution in [2.24, 2.45) is 11.8 Å². The predicted molar refractivity (Wildman–Crippen MR) is 93.9 cm³/mol. The monoisotopic (exact) mass is 348 g/mol. The van der Waals surface area contributed by atoms with Crippen LogP contribution in [0.4, 0.5) is 5.00 Å². The minimum absolute atomic E-state index is 0.305. The number of nitriles is 1. The fourth-order valence-corrected chi connectivity index (χ4v) is 4.12. The molecule has 0 fully saturated rings. The molecule has 0 unspecified atom stereocenters. The molecule has 0 spiro atoms. The maximum absolute atomic E-state index is 12.0. The second kappa shape index (κ2) is 8.29. The van der Waals surface area contributed by atoms with Crippen LogP contribution in [0.3, 0.4) is 0 Å². The van der Waals surface area contributed by atoms with Crippen molar-refractivity contribution < 1.29 is 14.3 Å². The van der Waals surface area contributed by atoms with Crippen LogP contribution in [0.2, 0.25) is 0 Å². The van der Waals surface area contributed by atoms with E-state index in [0.29, 0.717) is 28.8 Å². The zero-order valence-corrected chi connectivity index (χ0v) is 15.3. The van der Waals surface area contributed by atoms with E-state index in [1.54, 1.807) is 0 Å². The summed E-state index contributed by atoms with van der Waals surface area (Å²) in [6, 6.07) is 2.21. The van der Waals surface area contributed by atoms with Gasteiger partial charge in [0.25, 0.3) is 5.91 Å². The summed E-state index contributed by atoms with van der Waals surface area (Å²) in [6.45, 7) is 5.95. The molecule has 5 nitrogen and oxygen atoms in total. The molecule has 1 aliphatic rings. The number of thiophene rings is 1. The molecule has 1 aromatic rings. The molecule has 1 atom stereocenters. The van der Waals surface area contributed by atoms with Crippen LogP contribution in [0, 0.1) is 23.2 Å². The molecule has 0 aromatic carbocycles. The molecule has 130 valence electrons. The van der Waals surface area contributed by atoms with Gasteiger partial charge in [-0.2, -0.15) is 5.26 Å². The fraction of sp³-hybridized carbons (Fsp3) is 0.611. The topological polar surface area (TPSA) is 79.2 Å². The van der Waals surface area contributed by atoms with Crippen LogP contribution in [0.1, 0.15) is 56.0 Å². The van der Waals surface area contributed by atoms with Crippen LogP contribution < -0.4 is 5.32 Å². The quantitative estimate of drug-likeness (QED) is 0.796. The average Bonchev–Trinajstić information content (AvgIpc) is 2.86. The molecule has 1 aromatic heterocycles. The Kier molecular flexibility index (Phi) is 6.38. The molecule has 1 N–H and O–H groups in total. The number of amides is 1. The summed E-state index contributed by atoms with van der Waals surface area (Å²) in [5.41, 5.74) is 1.64. The van der Waals surface area contributed by atoms with E-state index in [9.17, 15) is 14.9 Å². The van der Waals surface area contributed by atoms with Crippen molar-refractivity contribution in [2.45, 2.75) is 52.9 Å². The third-order valence-electron chi connectivity index (χ3n) is 4.17. The molecule has 0 saturated carbocycles. The Bertz CT molecular complexity index is 658. The van der Waals surface area contributed by atoms with Crippen molar-refractivity contribution in [2.75, 3.05) is 11.9 Å². The van der Waals surface area contributed by atoms with Crippen LogP contribution in [0.15, 0.2) is 0 Å². The third kappa shape index (κ3) is 4.81. The highest BCUT2D eigenvalue weighted by molar-refractivity contribution is 7.16. The maximum atomic E-state index is 12.0. The van der Waals surface area contributed by atoms with Crippen molar-refractivity contribution >= 4 is 28.2 Å². The van der Waals surface area contributed by atoms with Crippen molar-refractivity contribution in [1.29, 1.82) is 5.26 Å². The minimum Gasteiger partial charge on any atom is -0.456 e. The third-order valence-corrected chi connectivity index (χ3v) is 5.34. The largest absolute Gasteiger partial charge is 0.456 e. The van der Waals surface area contributed by atoms with E-state index in [2.05, 4.69) is 18.3 Å². The van der Waals surface area contributed by atoms with E-state index >= 15 is 0 Å². The number of anilines is 1. The minimum atomic E-state index is -0.393. The van der Waals surface area contributed by atoms with E-state index in [4.69, 9.17) is 4.74 Å². The number of fused-ring (bicyclic) bond motifs is 1. The number of hydrogen-bond acceptors (Lipinski definition) is 5. The van der Waals surface area contributed by atoms with Gasteiger partial charge in [0, 0.05) is 11.3 Å². The van der Waals surface area contributed by atoms with Gasteiger partial charge in [0.2, 0.25) is 0 Å². The van der Waals surface area contributed by atoms with Gasteiger partial charge in [-0.05, 0) is 43.1 Å². The first-order valence-electron chi connectivity index (χ1n) is 8.40. The van der Waals surface area contributed by atoms with Crippen LogP contribution in [-0.4, -0.2) is 18.5 Å². The number of nitrogens with zero attached hydrogens (tertiary/aromatic N) is 1. The van der Waals surface area contributed by atoms with Gasteiger partial charge >= 0.3 is 5.97 Å². The van der Waals surface area contributed by atoms with Crippen molar-refractivity contribution in [3.8, 4) is 6.07 Å². The van der Waals surface area contributed by atoms with Crippen molar-refractivity contribution in [3.63, 3.8) is 0 Å². The van der Waals surface area contributed by atoms with E-state index in [1.165, 1.54) is 16.2 Å². The molecule has 0 saturated heterocycles. The number of ether oxygens (including phenoxy) is 1. The summed E-state index contributed by atoms with van der Waals surface area (Å²) in [5.74, 6) is 0.271. The van der Waals surface area contributed by atoms with E-state index in [1.807, 2.05) is 13.8 Å². The number of hydrogen-bond donors (Lipinski definition) is 1. The van der Waals surface area contributed by atoms with Gasteiger partial charge in [-0.3, -0.25) is 9.59 Å². The number of nitrogens with one attached hydrogen (secondary N) is 1. The number of carbonyl (C=O) groups excluding carboxylic acids is 2. The Labute approximate surface area is 147 Å². The first-order valence-corrected chi connectivity index (χ1v) is 9.22. The summed E-state index contributed by atoms with van der Waals surface area (Å²) >= 11 is 1.47. The van der Waals surface area contributed by atoms with Gasteiger partial charge in [0.1, 0.15) is 11.1 Å². The normalized spacial score (nSPS) is 16.4. The van der Waals surface area contributed by atoms with Crippen molar-refractivity contribution in [1.82, 2.24) is 0 Å². The second-order valence-corrected chi connectivity index (χ2v) is 7.91. The summed E-state index contributed by atoms with van der Waals surface area (Å²) in [7, 11) is 0. The lowest BCUT2D eigenvalue weighted by molar-refractivity contribution is -0.147. The number of rotatable bonds is 6. The molecule has 24 heavy (non-hydrogen) atoms. The Morgan fingerprint density at radius 1 is 1.46 bits per heavy atom. The lowest BCUT2D eigenvalue weighted by Crippen LogP contribution is -2.21. The average molecular weight is 348 g/mol. The first-order chi connectivity index (χ1) is 11.4. The molecule has 2 rings (SSSR count). The lowest BCUT2D eigenvalue weighted by Gasteiger charge is -2.17. The summed E-state index contributed by atoms with van der Waals surface area (Å²) < 4.78 is 4.99. The molecular weight excluding hydrogens is 324 g/mol. The van der Waals surface area contributed by atoms with Gasteiger partial charge in [0.05, 0.1) is 5.56 Å². The molecule has 1 aliphatic carbocycles. The first kappa shape index (κ1) is 18.5. The van der Waals surface area contributed by atoms with E-state index < -0.39 is 5.91 Å². The summed E-state index contributed by atoms with van der Waals surface area (Å²) in [4.78, 5) is 24.8. The highest BCUT2D eigenvalue weighted by atomic mass is 32.1. The van der Waals surface area contributed by atoms with E-state index in [-0.39, 0.29) is 12.6 Å². The number of esters is 1. The molecule has 0 aliphatic heterocycles. The highest BCUT2D eigenvalue weighted by Gasteiger charge is 2.24. The molecule has 0 bridgehead atoms. The molecule has 6 heteroatoms. The fourth-order valence-electron chi connectivity index (χ4n) is 2.74. The van der Waals surface area contributed by atoms with E-state index in [0.717, 1.165) is 31.2 Å². The Morgan fingerprint density at radius 2 is 2.21 bits per heavy atom. The van der Waals surface area contributed by atoms with Gasteiger partial charge in [0.15, 0.2) is 6.61 Å². The zero-order chi connectivity index (χ0) is 17.7. The standard InChI is InChI=1S/C18H24N2O3S/c1-11(2)4-7-17(22)23-10-16(21)20-18-14(9-19)13-6-5-12(3)8-15(13)24-18/h11-12H,4-8,10H2,1-3H3,(H,20,21)/t12-/m0/s1. The smallest absolute Gasteiger partial charge is 0.306 e. The van der Waals surface area contributed by atoms with Crippen LogP contribution >= 0.6 is 11.3 Å². The lowest BCUT2D eigenvalue weighted by atomic mass is 9.89. The zero-order valence-electron chi connectivity index (χ0n) is 14.5. The molecule has 1 amide bonds. The molecule has 1 heterocycles. The van der Waals surface area contributed by atoms with Gasteiger partial charge in [-0.25, -0.2) is 0 Å². The summed E-state index contributed by atoms with van der Waals surface area (Å²) in [5, 5.41) is 12.7. The van der Waals surface area contributed by atoms with Gasteiger partial charge in [-0.1, -0.05) is 20.8 Å². The maximum Gasteiger partial charge on any atom is 0.306 e. The van der Waals surface area contributed by atoms with Crippen molar-refractivity contribution in [3.05, 3.63) is 16.0 Å². The SMILES string of the molecule is CC(C)CCC(=O)OCC(=O)Nc1sc2c(c1C#N)CC[C@H](C)C2. The highest BCUT2D eigenvalue weighted by Crippen LogP contribution is 2.39. The van der Waals surface area contributed by atoms with Crippen LogP contribution in [0.5, 0.6) is 0 Å². The Hall–Kier alpha value is -1.87. The van der Waals surface area contributed by atoms with Crippen LogP contribution in [-0.2, 0) is 27.2 Å². The predicted octanol–water partition coefficient (Wildman–Crippen LogP) is 3.66. The summed E-state index contributed by atoms with van der Waals surface area (Å²) in [6.07, 6.45) is 3.97. The molecular formula is C18H24N2O3S. The van der Waals surface area contributed by atoms with Gasteiger partial charge in [-0.15, -0.1) is 11.3 Å². The Morgan fingerprint density at radius 3 is 2.88 bits per heavy atom.